The summed E-state index contributed by atoms with van der Waals surface area (Å²) >= 11 is 2.44. The van der Waals surface area contributed by atoms with E-state index < -0.39 is 18.9 Å². The quantitative estimate of drug-likeness (QED) is 0.131. The van der Waals surface area contributed by atoms with E-state index >= 15 is 2.87 Å². The average Bonchev–Trinajstić information content (AvgIpc) is 3.36. The summed E-state index contributed by atoms with van der Waals surface area (Å²) in [6.07, 6.45) is 0. The van der Waals surface area contributed by atoms with Gasteiger partial charge in [-0.15, -0.1) is 0 Å². The summed E-state index contributed by atoms with van der Waals surface area (Å²) in [6.45, 7) is 26.8. The molecule has 0 saturated heterocycles. The summed E-state index contributed by atoms with van der Waals surface area (Å²) in [6, 6.07) is 26.2. The van der Waals surface area contributed by atoms with E-state index in [0.29, 0.717) is 14.9 Å². The molecule has 1 aliphatic carbocycles. The molecule has 0 nitrogen and oxygen atoms in total. The first kappa shape index (κ1) is 35.9. The minimum absolute atomic E-state index is 0.144. The predicted octanol–water partition coefficient (Wildman–Crippen LogP) is 12.7. The maximum atomic E-state index is 20.5. The molecule has 0 amide bonds. The van der Waals surface area contributed by atoms with E-state index in [2.05, 4.69) is 156 Å². The second-order valence-electron chi connectivity index (χ2n) is 15.5. The van der Waals surface area contributed by atoms with Crippen molar-refractivity contribution in [3.63, 3.8) is 0 Å². The van der Waals surface area contributed by atoms with E-state index in [4.69, 9.17) is 11.6 Å². The molecular formula is C44H54ClFSn. The number of benzene rings is 4. The van der Waals surface area contributed by atoms with Gasteiger partial charge in [-0.2, -0.15) is 0 Å². The molecule has 0 aliphatic heterocycles. The zero-order chi connectivity index (χ0) is 34.5. The summed E-state index contributed by atoms with van der Waals surface area (Å²) in [4.78, 5) is 0. The van der Waals surface area contributed by atoms with Crippen LogP contribution in [0.3, 0.4) is 0 Å². The van der Waals surface area contributed by atoms with Gasteiger partial charge in [0.25, 0.3) is 0 Å². The Morgan fingerprint density at radius 3 is 1.00 bits per heavy atom. The third-order valence-electron chi connectivity index (χ3n) is 10.2. The number of rotatable bonds is 9. The Kier molecular flexibility index (Phi) is 10.6. The Balaban J connectivity index is 2.09. The first-order chi connectivity index (χ1) is 22.1. The molecule has 0 atom stereocenters. The standard InChI is InChI=1S/2C15H23.C14H8Cl.FH.Sn/c2*1-10(2)13-7-14(11(3)4)9-15(8-13)12(5)6;15-9-14-12-7-3-1-5-10(12)11-6-2-4-8-13(11)14;;/h2*7-8,10-12H,1-6H3;1-8H;1H;/q;;;;+1/p-1. The van der Waals surface area contributed by atoms with Crippen LogP contribution in [0.4, 0.5) is 2.87 Å². The zero-order valence-corrected chi connectivity index (χ0v) is 34.3. The molecule has 3 heteroatoms. The summed E-state index contributed by atoms with van der Waals surface area (Å²) in [5.74, 6) is 1.26. The molecule has 0 fully saturated rings. The molecule has 1 aliphatic rings. The fourth-order valence-corrected chi connectivity index (χ4v) is 21.3. The monoisotopic (exact) mass is 756 g/mol. The third-order valence-corrected chi connectivity index (χ3v) is 21.8. The summed E-state index contributed by atoms with van der Waals surface area (Å²) in [5, 5.41) is 0. The Morgan fingerprint density at radius 2 is 0.745 bits per heavy atom. The van der Waals surface area contributed by atoms with Crippen molar-refractivity contribution in [1.82, 2.24) is 0 Å². The van der Waals surface area contributed by atoms with Crippen molar-refractivity contribution >= 4 is 43.3 Å². The molecule has 0 heterocycles. The average molecular weight is 756 g/mol. The SMILES string of the molecule is CC(C)c1cc(C(C)C)[c]([Sn]([F])([C](Cl)=C2c3ccccc3-c3ccccc32)[c]2c(C(C)C)cc(C(C)C)cc2C(C)C)c(C(C)C)c1. The van der Waals surface area contributed by atoms with E-state index in [1.807, 2.05) is 0 Å². The predicted molar refractivity (Wildman–Crippen MR) is 207 cm³/mol. The normalized spacial score (nSPS) is 13.1. The van der Waals surface area contributed by atoms with Gasteiger partial charge in [0.1, 0.15) is 0 Å². The van der Waals surface area contributed by atoms with Crippen LogP contribution in [0, 0.1) is 0 Å². The summed E-state index contributed by atoms with van der Waals surface area (Å²) < 4.78 is 22.8. The molecule has 4 aromatic carbocycles. The molecule has 0 saturated carbocycles. The van der Waals surface area contributed by atoms with Crippen LogP contribution in [0.25, 0.3) is 16.7 Å². The van der Waals surface area contributed by atoms with Crippen LogP contribution in [-0.4, -0.2) is 18.9 Å². The fraction of sp³-hybridized carbons (Fsp3) is 0.409. The van der Waals surface area contributed by atoms with Gasteiger partial charge in [-0.1, -0.05) is 0 Å². The Labute approximate surface area is 294 Å². The van der Waals surface area contributed by atoms with Crippen molar-refractivity contribution in [3.05, 3.63) is 120 Å². The van der Waals surface area contributed by atoms with Gasteiger partial charge in [0.15, 0.2) is 0 Å². The Hall–Kier alpha value is -2.36. The molecular weight excluding hydrogens is 702 g/mol. The fourth-order valence-electron chi connectivity index (χ4n) is 7.48. The van der Waals surface area contributed by atoms with Gasteiger partial charge in [-0.25, -0.2) is 0 Å². The van der Waals surface area contributed by atoms with Crippen LogP contribution in [0.1, 0.15) is 163 Å². The molecule has 0 aromatic heterocycles. The van der Waals surface area contributed by atoms with Gasteiger partial charge in [0.2, 0.25) is 0 Å². The van der Waals surface area contributed by atoms with Crippen molar-refractivity contribution in [2.24, 2.45) is 0 Å². The van der Waals surface area contributed by atoms with E-state index in [9.17, 15) is 0 Å². The van der Waals surface area contributed by atoms with E-state index in [0.717, 1.165) is 57.2 Å². The van der Waals surface area contributed by atoms with Gasteiger partial charge in [0, 0.05) is 0 Å². The molecule has 0 unspecified atom stereocenters. The van der Waals surface area contributed by atoms with Crippen LogP contribution in [0.2, 0.25) is 0 Å². The first-order valence-corrected chi connectivity index (χ1v) is 23.5. The van der Waals surface area contributed by atoms with Gasteiger partial charge < -0.3 is 0 Å². The van der Waals surface area contributed by atoms with Crippen molar-refractivity contribution < 1.29 is 2.87 Å². The number of fused-ring (bicyclic) bond motifs is 3. The molecule has 4 aromatic rings. The van der Waals surface area contributed by atoms with Crippen molar-refractivity contribution in [1.29, 1.82) is 0 Å². The minimum atomic E-state index is -5.58. The number of hydrogen-bond donors (Lipinski definition) is 0. The molecule has 0 spiro atoms. The van der Waals surface area contributed by atoms with Gasteiger partial charge in [0.05, 0.1) is 0 Å². The number of hydrogen-bond acceptors (Lipinski definition) is 0. The third kappa shape index (κ3) is 6.29. The summed E-state index contributed by atoms with van der Waals surface area (Å²) in [5.41, 5.74) is 12.3. The van der Waals surface area contributed by atoms with E-state index in [1.54, 1.807) is 0 Å². The second kappa shape index (κ2) is 13.9. The maximum absolute atomic E-state index is 20.5. The molecule has 5 rings (SSSR count). The summed E-state index contributed by atoms with van der Waals surface area (Å²) in [7, 11) is 0. The van der Waals surface area contributed by atoms with Crippen molar-refractivity contribution in [2.45, 2.75) is 119 Å². The second-order valence-corrected chi connectivity index (χ2v) is 24.8. The van der Waals surface area contributed by atoms with Crippen LogP contribution in [-0.2, 0) is 0 Å². The van der Waals surface area contributed by atoms with Crippen LogP contribution < -0.4 is 7.16 Å². The van der Waals surface area contributed by atoms with Gasteiger partial charge >= 0.3 is 296 Å². The van der Waals surface area contributed by atoms with E-state index in [1.165, 1.54) is 11.1 Å². The zero-order valence-electron chi connectivity index (χ0n) is 30.6. The first-order valence-electron chi connectivity index (χ1n) is 17.8. The molecule has 47 heavy (non-hydrogen) atoms. The molecule has 248 valence electrons. The van der Waals surface area contributed by atoms with E-state index in [-0.39, 0.29) is 23.7 Å². The van der Waals surface area contributed by atoms with Crippen molar-refractivity contribution in [3.8, 4) is 11.1 Å². The van der Waals surface area contributed by atoms with Crippen LogP contribution in [0.5, 0.6) is 0 Å². The molecule has 0 bridgehead atoms. The van der Waals surface area contributed by atoms with Crippen LogP contribution >= 0.6 is 11.6 Å². The number of halogens is 2. The van der Waals surface area contributed by atoms with Crippen molar-refractivity contribution in [2.75, 3.05) is 0 Å². The topological polar surface area (TPSA) is 0 Å². The molecule has 0 radical (unpaired) electrons. The molecule has 0 N–H and O–H groups in total. The Morgan fingerprint density at radius 1 is 0.468 bits per heavy atom. The van der Waals surface area contributed by atoms with Gasteiger partial charge in [-0.3, -0.25) is 0 Å². The van der Waals surface area contributed by atoms with Gasteiger partial charge in [-0.05, 0) is 0 Å². The Bertz CT molecular complexity index is 1640. The van der Waals surface area contributed by atoms with Crippen LogP contribution in [0.15, 0.2) is 75.8 Å².